The van der Waals surface area contributed by atoms with E-state index in [9.17, 15) is 0 Å². The Bertz CT molecular complexity index is 112. The minimum absolute atomic E-state index is 0.604. The summed E-state index contributed by atoms with van der Waals surface area (Å²) in [6.45, 7) is 7.65. The van der Waals surface area contributed by atoms with Gasteiger partial charge in [0, 0.05) is 5.88 Å². The fraction of sp³-hybridized carbons (Fsp3) is 0.429. The summed E-state index contributed by atoms with van der Waals surface area (Å²) < 4.78 is 0. The Morgan fingerprint density at radius 2 is 2.12 bits per heavy atom. The minimum Gasteiger partial charge on any atom is -0.122 e. The lowest BCUT2D eigenvalue weighted by molar-refractivity contribution is 1.36. The third-order valence-electron chi connectivity index (χ3n) is 0.704. The quantitative estimate of drug-likeness (QED) is 0.398. The van der Waals surface area contributed by atoms with E-state index in [0.29, 0.717) is 5.88 Å². The van der Waals surface area contributed by atoms with Crippen LogP contribution in [-0.4, -0.2) is 5.88 Å². The number of rotatable bonds is 2. The van der Waals surface area contributed by atoms with Gasteiger partial charge in [0.2, 0.25) is 0 Å². The van der Waals surface area contributed by atoms with E-state index in [1.54, 1.807) is 0 Å². The highest BCUT2D eigenvalue weighted by atomic mass is 35.5. The van der Waals surface area contributed by atoms with Crippen LogP contribution in [-0.2, 0) is 0 Å². The molecule has 0 aliphatic carbocycles. The number of halogens is 1. The summed E-state index contributed by atoms with van der Waals surface area (Å²) >= 11 is 5.49. The first-order valence-corrected chi connectivity index (χ1v) is 3.09. The molecule has 0 nitrogen and oxygen atoms in total. The van der Waals surface area contributed by atoms with Gasteiger partial charge in [-0.05, 0) is 13.8 Å². The summed E-state index contributed by atoms with van der Waals surface area (Å²) in [7, 11) is 0. The van der Waals surface area contributed by atoms with Crippen molar-refractivity contribution in [2.75, 3.05) is 5.88 Å². The fourth-order valence-corrected chi connectivity index (χ4v) is 0.536. The Morgan fingerprint density at radius 3 is 2.25 bits per heavy atom. The maximum atomic E-state index is 5.49. The summed E-state index contributed by atoms with van der Waals surface area (Å²) in [5, 5.41) is 0. The van der Waals surface area contributed by atoms with Crippen LogP contribution in [0, 0.1) is 0 Å². The third kappa shape index (κ3) is 3.94. The molecule has 1 heteroatoms. The lowest BCUT2D eigenvalue weighted by Gasteiger charge is -1.90. The van der Waals surface area contributed by atoms with Crippen molar-refractivity contribution in [3.8, 4) is 0 Å². The molecule has 0 aliphatic heterocycles. The van der Waals surface area contributed by atoms with Gasteiger partial charge in [0.05, 0.1) is 0 Å². The van der Waals surface area contributed by atoms with Gasteiger partial charge in [-0.1, -0.05) is 23.8 Å². The minimum atomic E-state index is 0.604. The standard InChI is InChI=1S/C7H11Cl/c1-6(2)4-7(3)5-8/h4H,1,5H2,2-3H3. The molecule has 0 saturated heterocycles. The molecule has 0 aliphatic rings. The molecule has 0 aromatic carbocycles. The van der Waals surface area contributed by atoms with E-state index in [1.165, 1.54) is 5.57 Å². The number of hydrogen-bond donors (Lipinski definition) is 0. The summed E-state index contributed by atoms with van der Waals surface area (Å²) in [6.07, 6.45) is 1.98. The van der Waals surface area contributed by atoms with Crippen LogP contribution in [0.1, 0.15) is 13.8 Å². The predicted molar refractivity (Wildman–Crippen MR) is 39.3 cm³/mol. The Labute approximate surface area is 55.9 Å². The number of alkyl halides is 1. The van der Waals surface area contributed by atoms with E-state index in [-0.39, 0.29) is 0 Å². The van der Waals surface area contributed by atoms with E-state index in [0.717, 1.165) is 5.57 Å². The van der Waals surface area contributed by atoms with E-state index in [1.807, 2.05) is 19.9 Å². The number of hydrogen-bond acceptors (Lipinski definition) is 0. The van der Waals surface area contributed by atoms with Crippen molar-refractivity contribution in [2.24, 2.45) is 0 Å². The van der Waals surface area contributed by atoms with Gasteiger partial charge in [-0.3, -0.25) is 0 Å². The highest BCUT2D eigenvalue weighted by Crippen LogP contribution is 1.99. The average molecular weight is 131 g/mol. The first kappa shape index (κ1) is 7.77. The Kier molecular flexibility index (Phi) is 3.63. The lowest BCUT2D eigenvalue weighted by atomic mass is 10.2. The van der Waals surface area contributed by atoms with E-state index in [4.69, 9.17) is 11.6 Å². The molecule has 0 heterocycles. The van der Waals surface area contributed by atoms with Crippen molar-refractivity contribution < 1.29 is 0 Å². The van der Waals surface area contributed by atoms with Gasteiger partial charge < -0.3 is 0 Å². The second-order valence-corrected chi connectivity index (χ2v) is 2.24. The van der Waals surface area contributed by atoms with Crippen LogP contribution in [0.25, 0.3) is 0 Å². The topological polar surface area (TPSA) is 0 Å². The van der Waals surface area contributed by atoms with Crippen LogP contribution in [0.5, 0.6) is 0 Å². The molecule has 46 valence electrons. The van der Waals surface area contributed by atoms with Crippen molar-refractivity contribution in [3.05, 3.63) is 23.8 Å². The smallest absolute Gasteiger partial charge is 0.0434 e. The zero-order chi connectivity index (χ0) is 6.57. The van der Waals surface area contributed by atoms with Gasteiger partial charge in [-0.25, -0.2) is 0 Å². The molecule has 0 aromatic rings. The molecule has 0 saturated carbocycles. The number of allylic oxidation sites excluding steroid dienone is 3. The molecule has 0 unspecified atom stereocenters. The first-order valence-electron chi connectivity index (χ1n) is 2.55. The maximum Gasteiger partial charge on any atom is 0.0434 e. The normalized spacial score (nSPS) is 11.6. The van der Waals surface area contributed by atoms with Crippen LogP contribution < -0.4 is 0 Å². The Hall–Kier alpha value is -0.230. The zero-order valence-electron chi connectivity index (χ0n) is 5.37. The van der Waals surface area contributed by atoms with Crippen molar-refractivity contribution in [1.29, 1.82) is 0 Å². The molecule has 0 spiro atoms. The largest absolute Gasteiger partial charge is 0.122 e. The molecule has 0 amide bonds. The van der Waals surface area contributed by atoms with Crippen LogP contribution >= 0.6 is 11.6 Å². The van der Waals surface area contributed by atoms with E-state index in [2.05, 4.69) is 6.58 Å². The van der Waals surface area contributed by atoms with Crippen molar-refractivity contribution >= 4 is 11.6 Å². The average Bonchev–Trinajstić information content (AvgIpc) is 1.65. The summed E-state index contributed by atoms with van der Waals surface area (Å²) in [4.78, 5) is 0. The lowest BCUT2D eigenvalue weighted by Crippen LogP contribution is -1.75. The summed E-state index contributed by atoms with van der Waals surface area (Å²) in [5.41, 5.74) is 2.22. The van der Waals surface area contributed by atoms with Crippen molar-refractivity contribution in [2.45, 2.75) is 13.8 Å². The van der Waals surface area contributed by atoms with Crippen LogP contribution in [0.15, 0.2) is 23.8 Å². The van der Waals surface area contributed by atoms with Gasteiger partial charge in [-0.2, -0.15) is 0 Å². The van der Waals surface area contributed by atoms with E-state index < -0.39 is 0 Å². The van der Waals surface area contributed by atoms with Crippen LogP contribution in [0.2, 0.25) is 0 Å². The molecule has 8 heavy (non-hydrogen) atoms. The van der Waals surface area contributed by atoms with Gasteiger partial charge in [-0.15, -0.1) is 11.6 Å². The van der Waals surface area contributed by atoms with Crippen molar-refractivity contribution in [1.82, 2.24) is 0 Å². The van der Waals surface area contributed by atoms with Crippen LogP contribution in [0.3, 0.4) is 0 Å². The highest BCUT2D eigenvalue weighted by Gasteiger charge is 1.82. The molecule has 0 aromatic heterocycles. The van der Waals surface area contributed by atoms with Crippen molar-refractivity contribution in [3.63, 3.8) is 0 Å². The second kappa shape index (κ2) is 3.73. The Balaban J connectivity index is 3.75. The molecular weight excluding hydrogens is 120 g/mol. The molecular formula is C7H11Cl. The maximum absolute atomic E-state index is 5.49. The SMILES string of the molecule is C=C(C)C=C(C)CCl. The molecule has 0 bridgehead atoms. The van der Waals surface area contributed by atoms with Gasteiger partial charge >= 0.3 is 0 Å². The fourth-order valence-electron chi connectivity index (χ4n) is 0.459. The van der Waals surface area contributed by atoms with E-state index >= 15 is 0 Å². The Morgan fingerprint density at radius 1 is 1.62 bits per heavy atom. The molecule has 0 radical (unpaired) electrons. The monoisotopic (exact) mass is 130 g/mol. The molecule has 0 fully saturated rings. The molecule has 0 atom stereocenters. The second-order valence-electron chi connectivity index (χ2n) is 1.97. The predicted octanol–water partition coefficient (Wildman–Crippen LogP) is 2.75. The summed E-state index contributed by atoms with van der Waals surface area (Å²) in [6, 6.07) is 0. The van der Waals surface area contributed by atoms with Gasteiger partial charge in [0.25, 0.3) is 0 Å². The zero-order valence-corrected chi connectivity index (χ0v) is 6.13. The molecule has 0 rings (SSSR count). The van der Waals surface area contributed by atoms with Gasteiger partial charge in [0.1, 0.15) is 0 Å². The van der Waals surface area contributed by atoms with Crippen LogP contribution in [0.4, 0.5) is 0 Å². The highest BCUT2D eigenvalue weighted by molar-refractivity contribution is 6.19. The third-order valence-corrected chi connectivity index (χ3v) is 1.13. The summed E-state index contributed by atoms with van der Waals surface area (Å²) in [5.74, 6) is 0.604. The molecule has 0 N–H and O–H groups in total. The first-order chi connectivity index (χ1) is 3.66. The van der Waals surface area contributed by atoms with Gasteiger partial charge in [0.15, 0.2) is 0 Å².